The third kappa shape index (κ3) is 3.34. The van der Waals surface area contributed by atoms with Crippen molar-refractivity contribution in [2.24, 2.45) is 0 Å². The van der Waals surface area contributed by atoms with Crippen LogP contribution in [-0.4, -0.2) is 13.7 Å². The van der Waals surface area contributed by atoms with Crippen LogP contribution in [0.1, 0.15) is 24.1 Å². The number of hydrogen-bond acceptors (Lipinski definition) is 2. The Hall–Kier alpha value is -1.65. The molecule has 1 atom stereocenters. The first-order chi connectivity index (χ1) is 10.1. The van der Waals surface area contributed by atoms with Crippen LogP contribution in [0.4, 0.5) is 8.78 Å². The molecule has 2 nitrogen and oxygen atoms in total. The van der Waals surface area contributed by atoms with Crippen LogP contribution in [0.2, 0.25) is 5.02 Å². The highest BCUT2D eigenvalue weighted by molar-refractivity contribution is 6.30. The smallest absolute Gasteiger partial charge is 0.165 e. The molecule has 112 valence electrons. The molecule has 2 aromatic carbocycles. The molecule has 2 aromatic rings. The van der Waals surface area contributed by atoms with Crippen LogP contribution >= 0.6 is 11.6 Å². The van der Waals surface area contributed by atoms with Gasteiger partial charge in [0.2, 0.25) is 0 Å². The molecule has 0 heterocycles. The minimum absolute atomic E-state index is 0.0457. The molecule has 0 saturated heterocycles. The van der Waals surface area contributed by atoms with Gasteiger partial charge in [0.25, 0.3) is 0 Å². The Morgan fingerprint density at radius 3 is 2.62 bits per heavy atom. The van der Waals surface area contributed by atoms with Crippen LogP contribution in [-0.2, 0) is 0 Å². The summed E-state index contributed by atoms with van der Waals surface area (Å²) in [6.07, 6.45) is 0. The van der Waals surface area contributed by atoms with Gasteiger partial charge < -0.3 is 10.1 Å². The Balaban J connectivity index is 2.48. The van der Waals surface area contributed by atoms with Gasteiger partial charge in [-0.3, -0.25) is 0 Å². The number of rotatable bonds is 5. The number of methoxy groups -OCH3 is 1. The lowest BCUT2D eigenvalue weighted by atomic mass is 9.98. The molecular weight excluding hydrogens is 296 g/mol. The van der Waals surface area contributed by atoms with Crippen LogP contribution in [0, 0.1) is 11.6 Å². The number of ether oxygens (including phenoxy) is 1. The fraction of sp³-hybridized carbons (Fsp3) is 0.250. The molecule has 1 N–H and O–H groups in total. The number of nitrogens with one attached hydrogen (secondary N) is 1. The summed E-state index contributed by atoms with van der Waals surface area (Å²) in [6, 6.07) is 8.88. The minimum atomic E-state index is -0.499. The molecule has 5 heteroatoms. The van der Waals surface area contributed by atoms with Gasteiger partial charge in [0.15, 0.2) is 11.6 Å². The maximum absolute atomic E-state index is 14.2. The van der Waals surface area contributed by atoms with Crippen molar-refractivity contribution in [3.8, 4) is 5.75 Å². The summed E-state index contributed by atoms with van der Waals surface area (Å²) in [6.45, 7) is 2.50. The standard InChI is InChI=1S/C16H16ClF2NO/c1-3-20-16(11-5-4-6-12(17)15(11)19)10-7-8-14(21-2)13(18)9-10/h4-9,16,20H,3H2,1-2H3. The summed E-state index contributed by atoms with van der Waals surface area (Å²) in [5.41, 5.74) is 0.991. The average molecular weight is 312 g/mol. The second-order valence-electron chi connectivity index (χ2n) is 4.53. The van der Waals surface area contributed by atoms with Gasteiger partial charge >= 0.3 is 0 Å². The third-order valence-electron chi connectivity index (χ3n) is 3.21. The Morgan fingerprint density at radius 2 is 2.00 bits per heavy atom. The van der Waals surface area contributed by atoms with Crippen LogP contribution < -0.4 is 10.1 Å². The van der Waals surface area contributed by atoms with E-state index in [4.69, 9.17) is 16.3 Å². The Morgan fingerprint density at radius 1 is 1.24 bits per heavy atom. The Labute approximate surface area is 127 Å². The van der Waals surface area contributed by atoms with Gasteiger partial charge in [-0.25, -0.2) is 8.78 Å². The van der Waals surface area contributed by atoms with Crippen molar-refractivity contribution in [2.75, 3.05) is 13.7 Å². The summed E-state index contributed by atoms with van der Waals surface area (Å²) in [7, 11) is 1.40. The first kappa shape index (κ1) is 15.7. The highest BCUT2D eigenvalue weighted by Gasteiger charge is 2.20. The molecule has 0 radical (unpaired) electrons. The van der Waals surface area contributed by atoms with Gasteiger partial charge in [0.05, 0.1) is 18.2 Å². The SMILES string of the molecule is CCNC(c1ccc(OC)c(F)c1)c1cccc(Cl)c1F. The van der Waals surface area contributed by atoms with Gasteiger partial charge in [-0.05, 0) is 30.3 Å². The molecule has 1 unspecified atom stereocenters. The molecule has 2 rings (SSSR count). The van der Waals surface area contributed by atoms with E-state index in [1.54, 1.807) is 18.2 Å². The molecule has 0 aliphatic rings. The molecule has 0 spiro atoms. The molecular formula is C16H16ClF2NO. The van der Waals surface area contributed by atoms with Crippen molar-refractivity contribution < 1.29 is 13.5 Å². The fourth-order valence-electron chi connectivity index (χ4n) is 2.22. The molecule has 0 aliphatic heterocycles. The predicted octanol–water partition coefficient (Wildman–Crippen LogP) is 4.33. The highest BCUT2D eigenvalue weighted by atomic mass is 35.5. The average Bonchev–Trinajstić information content (AvgIpc) is 2.48. The lowest BCUT2D eigenvalue weighted by Gasteiger charge is -2.20. The summed E-state index contributed by atoms with van der Waals surface area (Å²) in [5, 5.41) is 3.19. The summed E-state index contributed by atoms with van der Waals surface area (Å²) < 4.78 is 33.0. The van der Waals surface area contributed by atoms with Gasteiger partial charge in [-0.15, -0.1) is 0 Å². The maximum Gasteiger partial charge on any atom is 0.165 e. The van der Waals surface area contributed by atoms with Crippen molar-refractivity contribution in [1.82, 2.24) is 5.32 Å². The van der Waals surface area contributed by atoms with Crippen LogP contribution in [0.5, 0.6) is 5.75 Å². The van der Waals surface area contributed by atoms with Crippen molar-refractivity contribution in [1.29, 1.82) is 0 Å². The van der Waals surface area contributed by atoms with Crippen molar-refractivity contribution >= 4 is 11.6 Å². The zero-order valence-electron chi connectivity index (χ0n) is 11.8. The first-order valence-corrected chi connectivity index (χ1v) is 6.97. The van der Waals surface area contributed by atoms with E-state index in [1.165, 1.54) is 25.3 Å². The normalized spacial score (nSPS) is 12.2. The predicted molar refractivity (Wildman–Crippen MR) is 79.9 cm³/mol. The third-order valence-corrected chi connectivity index (χ3v) is 3.50. The Bertz CT molecular complexity index is 634. The molecule has 0 aliphatic carbocycles. The zero-order valence-corrected chi connectivity index (χ0v) is 12.5. The van der Waals surface area contributed by atoms with Crippen molar-refractivity contribution in [2.45, 2.75) is 13.0 Å². The van der Waals surface area contributed by atoms with Crippen molar-refractivity contribution in [3.05, 3.63) is 64.2 Å². The molecule has 0 saturated carbocycles. The summed E-state index contributed by atoms with van der Waals surface area (Å²) in [5.74, 6) is -0.831. The highest BCUT2D eigenvalue weighted by Crippen LogP contribution is 2.30. The van der Waals surface area contributed by atoms with E-state index in [0.29, 0.717) is 17.7 Å². The molecule has 21 heavy (non-hydrogen) atoms. The topological polar surface area (TPSA) is 21.3 Å². The number of benzene rings is 2. The lowest BCUT2D eigenvalue weighted by molar-refractivity contribution is 0.385. The van der Waals surface area contributed by atoms with Crippen LogP contribution in [0.15, 0.2) is 36.4 Å². The zero-order chi connectivity index (χ0) is 15.4. The molecule has 0 fully saturated rings. The Kier molecular flexibility index (Phi) is 5.15. The van der Waals surface area contributed by atoms with Gasteiger partial charge in [-0.1, -0.05) is 36.7 Å². The van der Waals surface area contributed by atoms with Gasteiger partial charge in [-0.2, -0.15) is 0 Å². The van der Waals surface area contributed by atoms with Crippen molar-refractivity contribution in [3.63, 3.8) is 0 Å². The largest absolute Gasteiger partial charge is 0.494 e. The van der Waals surface area contributed by atoms with E-state index in [-0.39, 0.29) is 10.8 Å². The van der Waals surface area contributed by atoms with Gasteiger partial charge in [0, 0.05) is 5.56 Å². The van der Waals surface area contributed by atoms with Crippen LogP contribution in [0.25, 0.3) is 0 Å². The van der Waals surface area contributed by atoms with E-state index in [2.05, 4.69) is 5.32 Å². The first-order valence-electron chi connectivity index (χ1n) is 6.59. The molecule has 0 bridgehead atoms. The number of halogens is 3. The second kappa shape index (κ2) is 6.87. The van der Waals surface area contributed by atoms with E-state index >= 15 is 0 Å². The lowest BCUT2D eigenvalue weighted by Crippen LogP contribution is -2.23. The molecule has 0 aromatic heterocycles. The van der Waals surface area contributed by atoms with E-state index < -0.39 is 17.7 Å². The van der Waals surface area contributed by atoms with E-state index in [1.807, 2.05) is 6.92 Å². The van der Waals surface area contributed by atoms with E-state index in [0.717, 1.165) is 0 Å². The quantitative estimate of drug-likeness (QED) is 0.887. The maximum atomic E-state index is 14.2. The van der Waals surface area contributed by atoms with Crippen LogP contribution in [0.3, 0.4) is 0 Å². The van der Waals surface area contributed by atoms with Gasteiger partial charge in [0.1, 0.15) is 5.82 Å². The van der Waals surface area contributed by atoms with E-state index in [9.17, 15) is 8.78 Å². The summed E-state index contributed by atoms with van der Waals surface area (Å²) in [4.78, 5) is 0. The monoisotopic (exact) mass is 311 g/mol. The second-order valence-corrected chi connectivity index (χ2v) is 4.93. The minimum Gasteiger partial charge on any atom is -0.494 e. The number of hydrogen-bond donors (Lipinski definition) is 1. The summed E-state index contributed by atoms with van der Waals surface area (Å²) >= 11 is 5.83. The fourth-order valence-corrected chi connectivity index (χ4v) is 2.40. The molecule has 0 amide bonds.